The summed E-state index contributed by atoms with van der Waals surface area (Å²) in [5.41, 5.74) is 2.97. The third kappa shape index (κ3) is 1.99. The third-order valence-electron chi connectivity index (χ3n) is 3.02. The molecule has 0 aliphatic heterocycles. The monoisotopic (exact) mass is 255 g/mol. The molecular formula is C14H13N3O2. The Labute approximate surface area is 109 Å². The van der Waals surface area contributed by atoms with Gasteiger partial charge in [-0.3, -0.25) is 9.89 Å². The van der Waals surface area contributed by atoms with E-state index in [0.29, 0.717) is 17.0 Å². The molecule has 0 aliphatic rings. The van der Waals surface area contributed by atoms with E-state index in [0.717, 1.165) is 16.8 Å². The van der Waals surface area contributed by atoms with Crippen molar-refractivity contribution in [2.45, 2.75) is 13.8 Å². The van der Waals surface area contributed by atoms with Crippen molar-refractivity contribution in [3.05, 3.63) is 47.5 Å². The summed E-state index contributed by atoms with van der Waals surface area (Å²) in [7, 11) is 0. The predicted octanol–water partition coefficient (Wildman–Crippen LogP) is 3.03. The summed E-state index contributed by atoms with van der Waals surface area (Å²) in [6.07, 6.45) is 0. The predicted molar refractivity (Wildman–Crippen MR) is 72.2 cm³/mol. The quantitative estimate of drug-likeness (QED) is 0.739. The lowest BCUT2D eigenvalue weighted by atomic mass is 10.2. The molecule has 0 unspecified atom stereocenters. The van der Waals surface area contributed by atoms with E-state index in [1.807, 2.05) is 38.1 Å². The molecule has 2 aromatic heterocycles. The van der Waals surface area contributed by atoms with Crippen LogP contribution in [0.25, 0.3) is 11.0 Å². The SMILES string of the molecule is Cc1n[nH]c(C)c1NC(=O)c1cc2ccccc2o1. The molecule has 0 radical (unpaired) electrons. The number of furan rings is 1. The average Bonchev–Trinajstić information content (AvgIpc) is 2.97. The van der Waals surface area contributed by atoms with Crippen LogP contribution in [0.4, 0.5) is 5.69 Å². The van der Waals surface area contributed by atoms with E-state index in [1.54, 1.807) is 6.07 Å². The molecule has 1 aromatic carbocycles. The molecule has 0 bridgehead atoms. The lowest BCUT2D eigenvalue weighted by Gasteiger charge is -2.02. The summed E-state index contributed by atoms with van der Waals surface area (Å²) in [6.45, 7) is 3.69. The summed E-state index contributed by atoms with van der Waals surface area (Å²) in [5.74, 6) is 0.0185. The number of carbonyl (C=O) groups is 1. The van der Waals surface area contributed by atoms with Crippen LogP contribution < -0.4 is 5.32 Å². The van der Waals surface area contributed by atoms with E-state index < -0.39 is 0 Å². The molecule has 1 amide bonds. The number of rotatable bonds is 2. The number of fused-ring (bicyclic) bond motifs is 1. The number of hydrogen-bond acceptors (Lipinski definition) is 3. The number of anilines is 1. The maximum absolute atomic E-state index is 12.1. The maximum atomic E-state index is 12.1. The summed E-state index contributed by atoms with van der Waals surface area (Å²) < 4.78 is 5.52. The number of hydrogen-bond donors (Lipinski definition) is 2. The molecule has 2 N–H and O–H groups in total. The zero-order valence-electron chi connectivity index (χ0n) is 10.7. The first-order valence-corrected chi connectivity index (χ1v) is 5.96. The molecule has 5 nitrogen and oxygen atoms in total. The zero-order valence-corrected chi connectivity index (χ0v) is 10.7. The highest BCUT2D eigenvalue weighted by Crippen LogP contribution is 2.21. The van der Waals surface area contributed by atoms with Gasteiger partial charge < -0.3 is 9.73 Å². The first-order valence-electron chi connectivity index (χ1n) is 5.96. The van der Waals surface area contributed by atoms with Gasteiger partial charge in [0.15, 0.2) is 5.76 Å². The fourth-order valence-electron chi connectivity index (χ4n) is 2.00. The summed E-state index contributed by atoms with van der Waals surface area (Å²) in [4.78, 5) is 12.1. The normalized spacial score (nSPS) is 10.8. The standard InChI is InChI=1S/C14H13N3O2/c1-8-13(9(2)17-16-8)15-14(18)12-7-10-5-3-4-6-11(10)19-12/h3-7H,1-2H3,(H,15,18)(H,16,17). The Morgan fingerprint density at radius 1 is 1.32 bits per heavy atom. The first-order chi connectivity index (χ1) is 9.15. The molecule has 5 heteroatoms. The van der Waals surface area contributed by atoms with Crippen LogP contribution in [0.5, 0.6) is 0 Å². The van der Waals surface area contributed by atoms with Crippen LogP contribution in [0.3, 0.4) is 0 Å². The highest BCUT2D eigenvalue weighted by atomic mass is 16.3. The van der Waals surface area contributed by atoms with Crippen molar-refractivity contribution in [1.29, 1.82) is 0 Å². The van der Waals surface area contributed by atoms with Gasteiger partial charge in [-0.05, 0) is 26.0 Å². The number of nitrogens with zero attached hydrogens (tertiary/aromatic N) is 1. The van der Waals surface area contributed by atoms with Crippen LogP contribution in [-0.4, -0.2) is 16.1 Å². The van der Waals surface area contributed by atoms with E-state index in [-0.39, 0.29) is 5.91 Å². The topological polar surface area (TPSA) is 70.9 Å². The molecule has 2 heterocycles. The second-order valence-corrected chi connectivity index (χ2v) is 4.41. The Kier molecular flexibility index (Phi) is 2.59. The highest BCUT2D eigenvalue weighted by molar-refractivity contribution is 6.05. The Balaban J connectivity index is 1.92. The molecule has 0 aliphatic carbocycles. The van der Waals surface area contributed by atoms with Gasteiger partial charge in [-0.15, -0.1) is 0 Å². The third-order valence-corrected chi connectivity index (χ3v) is 3.02. The Morgan fingerprint density at radius 3 is 2.79 bits per heavy atom. The lowest BCUT2D eigenvalue weighted by Crippen LogP contribution is -2.11. The summed E-state index contributed by atoms with van der Waals surface area (Å²) in [5, 5.41) is 10.6. The van der Waals surface area contributed by atoms with Crippen LogP contribution in [-0.2, 0) is 0 Å². The molecule has 0 saturated heterocycles. The number of aromatic amines is 1. The highest BCUT2D eigenvalue weighted by Gasteiger charge is 2.15. The maximum Gasteiger partial charge on any atom is 0.291 e. The van der Waals surface area contributed by atoms with Gasteiger partial charge in [0.05, 0.1) is 17.1 Å². The number of benzene rings is 1. The number of aryl methyl sites for hydroxylation is 2. The van der Waals surface area contributed by atoms with Crippen molar-refractivity contribution >= 4 is 22.6 Å². The molecule has 0 spiro atoms. The molecule has 0 saturated carbocycles. The summed E-state index contributed by atoms with van der Waals surface area (Å²) in [6, 6.07) is 9.25. The van der Waals surface area contributed by atoms with Crippen LogP contribution in [0, 0.1) is 13.8 Å². The van der Waals surface area contributed by atoms with Crippen molar-refractivity contribution in [2.24, 2.45) is 0 Å². The Bertz CT molecular complexity index is 702. The van der Waals surface area contributed by atoms with Gasteiger partial charge in [0.2, 0.25) is 0 Å². The van der Waals surface area contributed by atoms with Crippen molar-refractivity contribution in [3.8, 4) is 0 Å². The summed E-state index contributed by atoms with van der Waals surface area (Å²) >= 11 is 0. The second-order valence-electron chi connectivity index (χ2n) is 4.41. The van der Waals surface area contributed by atoms with Crippen LogP contribution in [0.15, 0.2) is 34.7 Å². The zero-order chi connectivity index (χ0) is 13.4. The van der Waals surface area contributed by atoms with E-state index in [1.165, 1.54) is 0 Å². The smallest absolute Gasteiger partial charge is 0.291 e. The van der Waals surface area contributed by atoms with Crippen molar-refractivity contribution in [3.63, 3.8) is 0 Å². The van der Waals surface area contributed by atoms with E-state index in [4.69, 9.17) is 4.42 Å². The minimum absolute atomic E-state index is 0.274. The molecule has 3 rings (SSSR count). The average molecular weight is 255 g/mol. The number of carbonyl (C=O) groups excluding carboxylic acids is 1. The van der Waals surface area contributed by atoms with E-state index >= 15 is 0 Å². The molecule has 0 fully saturated rings. The van der Waals surface area contributed by atoms with Crippen LogP contribution >= 0.6 is 0 Å². The van der Waals surface area contributed by atoms with Crippen LogP contribution in [0.1, 0.15) is 21.9 Å². The van der Waals surface area contributed by atoms with Gasteiger partial charge in [-0.1, -0.05) is 18.2 Å². The van der Waals surface area contributed by atoms with Gasteiger partial charge in [0.1, 0.15) is 5.58 Å². The van der Waals surface area contributed by atoms with Gasteiger partial charge in [-0.25, -0.2) is 0 Å². The molecule has 19 heavy (non-hydrogen) atoms. The number of H-pyrrole nitrogens is 1. The fraction of sp³-hybridized carbons (Fsp3) is 0.143. The van der Waals surface area contributed by atoms with Gasteiger partial charge in [-0.2, -0.15) is 5.10 Å². The minimum atomic E-state index is -0.274. The number of para-hydroxylation sites is 1. The van der Waals surface area contributed by atoms with Gasteiger partial charge in [0, 0.05) is 5.39 Å². The largest absolute Gasteiger partial charge is 0.451 e. The van der Waals surface area contributed by atoms with Gasteiger partial charge >= 0.3 is 0 Å². The fourth-order valence-corrected chi connectivity index (χ4v) is 2.00. The van der Waals surface area contributed by atoms with Crippen molar-refractivity contribution < 1.29 is 9.21 Å². The van der Waals surface area contributed by atoms with Crippen molar-refractivity contribution in [2.75, 3.05) is 5.32 Å². The number of amides is 1. The molecule has 3 aromatic rings. The molecule has 0 atom stereocenters. The van der Waals surface area contributed by atoms with Gasteiger partial charge in [0.25, 0.3) is 5.91 Å². The number of nitrogens with one attached hydrogen (secondary N) is 2. The van der Waals surface area contributed by atoms with Crippen LogP contribution in [0.2, 0.25) is 0 Å². The molecular weight excluding hydrogens is 242 g/mol. The minimum Gasteiger partial charge on any atom is -0.451 e. The van der Waals surface area contributed by atoms with Crippen molar-refractivity contribution in [1.82, 2.24) is 10.2 Å². The van der Waals surface area contributed by atoms with E-state index in [2.05, 4.69) is 15.5 Å². The Hall–Kier alpha value is -2.56. The van der Waals surface area contributed by atoms with E-state index in [9.17, 15) is 4.79 Å². The Morgan fingerprint density at radius 2 is 2.11 bits per heavy atom. The lowest BCUT2D eigenvalue weighted by molar-refractivity contribution is 0.0998. The first kappa shape index (κ1) is 11.5. The number of aromatic nitrogens is 2. The second kappa shape index (κ2) is 4.28. The molecule has 96 valence electrons.